The molecule has 0 atom stereocenters. The standard InChI is InChI=1S/C22H30N6/c1-17-14-18(19(15-23)16-24)6-7-20(17)21-8-9-22(26-25-21)28-12-4-3-10-27(2)11-5-13-28/h6-9,14-16,23H,3-5,10-13,24H2,1-2H3/p+1/b19-16+,23-15?. The smallest absolute Gasteiger partial charge is 0.169 e. The molecule has 28 heavy (non-hydrogen) atoms. The molecule has 148 valence electrons. The lowest BCUT2D eigenvalue weighted by Gasteiger charge is -2.22. The summed E-state index contributed by atoms with van der Waals surface area (Å²) in [5.74, 6) is 0.966. The molecule has 0 saturated carbocycles. The van der Waals surface area contributed by atoms with Gasteiger partial charge in [0.05, 0.1) is 11.3 Å². The number of benzene rings is 1. The first-order chi connectivity index (χ1) is 13.6. The summed E-state index contributed by atoms with van der Waals surface area (Å²) >= 11 is 0. The molecule has 2 heterocycles. The summed E-state index contributed by atoms with van der Waals surface area (Å²) in [5, 5.41) is 14.7. The highest BCUT2D eigenvalue weighted by Crippen LogP contribution is 2.25. The number of rotatable bonds is 4. The van der Waals surface area contributed by atoms with Crippen LogP contribution in [0.3, 0.4) is 0 Å². The summed E-state index contributed by atoms with van der Waals surface area (Å²) in [6.07, 6.45) is 6.60. The molecule has 1 aliphatic rings. The van der Waals surface area contributed by atoms with Gasteiger partial charge in [0.2, 0.25) is 0 Å². The first-order valence-corrected chi connectivity index (χ1v) is 9.98. The molecule has 1 aromatic carbocycles. The van der Waals surface area contributed by atoms with Crippen LogP contribution in [0.1, 0.15) is 30.4 Å². The van der Waals surface area contributed by atoms with Crippen molar-refractivity contribution in [3.8, 4) is 11.3 Å². The second kappa shape index (κ2) is 9.46. The van der Waals surface area contributed by atoms with Crippen LogP contribution in [0.2, 0.25) is 0 Å². The van der Waals surface area contributed by atoms with Crippen LogP contribution in [0.5, 0.6) is 0 Å². The van der Waals surface area contributed by atoms with Crippen molar-refractivity contribution in [2.45, 2.75) is 26.2 Å². The number of nitrogens with two attached hydrogens (primary N) is 2. The molecule has 1 fully saturated rings. The number of hydrogen-bond donors (Lipinski definition) is 2. The monoisotopic (exact) mass is 379 g/mol. The summed E-state index contributed by atoms with van der Waals surface area (Å²) < 4.78 is 0. The van der Waals surface area contributed by atoms with E-state index >= 15 is 0 Å². The van der Waals surface area contributed by atoms with Crippen molar-refractivity contribution in [1.29, 1.82) is 0 Å². The van der Waals surface area contributed by atoms with Crippen molar-refractivity contribution in [2.75, 3.05) is 38.1 Å². The molecule has 1 saturated heterocycles. The summed E-state index contributed by atoms with van der Waals surface area (Å²) in [7, 11) is 2.20. The van der Waals surface area contributed by atoms with Crippen molar-refractivity contribution in [3.63, 3.8) is 0 Å². The Morgan fingerprint density at radius 2 is 1.79 bits per heavy atom. The second-order valence-electron chi connectivity index (χ2n) is 7.45. The van der Waals surface area contributed by atoms with Gasteiger partial charge >= 0.3 is 0 Å². The lowest BCUT2D eigenvalue weighted by molar-refractivity contribution is -0.103. The minimum atomic E-state index is 0.815. The van der Waals surface area contributed by atoms with Crippen LogP contribution in [-0.2, 0) is 0 Å². The van der Waals surface area contributed by atoms with E-state index in [-0.39, 0.29) is 0 Å². The van der Waals surface area contributed by atoms with Gasteiger partial charge in [0.1, 0.15) is 0 Å². The fourth-order valence-corrected chi connectivity index (χ4v) is 3.68. The normalized spacial score (nSPS) is 16.9. The minimum Gasteiger partial charge on any atom is -0.404 e. The van der Waals surface area contributed by atoms with Crippen LogP contribution in [0.25, 0.3) is 16.8 Å². The maximum atomic E-state index is 5.64. The largest absolute Gasteiger partial charge is 0.404 e. The van der Waals surface area contributed by atoms with Crippen LogP contribution in [0.15, 0.2) is 36.5 Å². The van der Waals surface area contributed by atoms with Crippen molar-refractivity contribution >= 4 is 17.6 Å². The van der Waals surface area contributed by atoms with Gasteiger partial charge in [-0.1, -0.05) is 18.2 Å². The van der Waals surface area contributed by atoms with Crippen molar-refractivity contribution in [3.05, 3.63) is 47.7 Å². The lowest BCUT2D eigenvalue weighted by atomic mass is 9.99. The van der Waals surface area contributed by atoms with E-state index < -0.39 is 0 Å². The van der Waals surface area contributed by atoms with Crippen molar-refractivity contribution < 1.29 is 5.41 Å². The van der Waals surface area contributed by atoms with Gasteiger partial charge in [-0.2, -0.15) is 0 Å². The van der Waals surface area contributed by atoms with Gasteiger partial charge in [0.15, 0.2) is 12.0 Å². The van der Waals surface area contributed by atoms with Crippen LogP contribution >= 0.6 is 0 Å². The maximum absolute atomic E-state index is 5.64. The summed E-state index contributed by atoms with van der Waals surface area (Å²) in [5.41, 5.74) is 10.5. The van der Waals surface area contributed by atoms with Gasteiger partial charge in [-0.3, -0.25) is 5.41 Å². The summed E-state index contributed by atoms with van der Waals surface area (Å²) in [6, 6.07) is 10.3. The van der Waals surface area contributed by atoms with Gasteiger partial charge < -0.3 is 15.5 Å². The van der Waals surface area contributed by atoms with Gasteiger partial charge in [0.25, 0.3) is 0 Å². The molecule has 0 amide bonds. The lowest BCUT2D eigenvalue weighted by Crippen LogP contribution is -2.30. The molecule has 0 spiro atoms. The SMILES string of the molecule is Cc1cc(/C(C=[NH2+])=C/N)ccc1-c1ccc(N2CCCCN(C)CCC2)nn1. The molecular weight excluding hydrogens is 348 g/mol. The van der Waals surface area contributed by atoms with Gasteiger partial charge in [-0.15, -0.1) is 10.2 Å². The van der Waals surface area contributed by atoms with E-state index in [4.69, 9.17) is 11.1 Å². The zero-order valence-corrected chi connectivity index (χ0v) is 16.9. The molecule has 6 nitrogen and oxygen atoms in total. The first kappa shape index (κ1) is 20.0. The predicted molar refractivity (Wildman–Crippen MR) is 116 cm³/mol. The number of hydrogen-bond acceptors (Lipinski definition) is 5. The van der Waals surface area contributed by atoms with Crippen molar-refractivity contribution in [1.82, 2.24) is 15.1 Å². The highest BCUT2D eigenvalue weighted by molar-refractivity contribution is 6.06. The molecule has 2 aromatic rings. The number of anilines is 1. The van der Waals surface area contributed by atoms with Crippen LogP contribution in [0, 0.1) is 6.92 Å². The maximum Gasteiger partial charge on any atom is 0.169 e. The number of nitrogens with zero attached hydrogens (tertiary/aromatic N) is 4. The zero-order valence-electron chi connectivity index (χ0n) is 16.9. The molecular formula is C22H31N6+. The van der Waals surface area contributed by atoms with E-state index in [1.807, 2.05) is 6.07 Å². The fourth-order valence-electron chi connectivity index (χ4n) is 3.68. The quantitative estimate of drug-likeness (QED) is 0.787. The van der Waals surface area contributed by atoms with E-state index in [1.165, 1.54) is 31.8 Å². The predicted octanol–water partition coefficient (Wildman–Crippen LogP) is 1.50. The Labute approximate surface area is 167 Å². The Morgan fingerprint density at radius 1 is 1.04 bits per heavy atom. The van der Waals surface area contributed by atoms with E-state index in [2.05, 4.69) is 58.2 Å². The molecule has 0 radical (unpaired) electrons. The molecule has 6 heteroatoms. The third-order valence-corrected chi connectivity index (χ3v) is 5.36. The van der Waals surface area contributed by atoms with E-state index in [1.54, 1.807) is 0 Å². The third kappa shape index (κ3) is 4.75. The van der Waals surface area contributed by atoms with Crippen molar-refractivity contribution in [2.24, 2.45) is 5.73 Å². The van der Waals surface area contributed by atoms with Crippen LogP contribution in [0.4, 0.5) is 5.82 Å². The Bertz CT molecular complexity index is 827. The molecule has 0 unspecified atom stereocenters. The van der Waals surface area contributed by atoms with Gasteiger partial charge in [0, 0.05) is 24.9 Å². The third-order valence-electron chi connectivity index (χ3n) is 5.36. The Kier molecular flexibility index (Phi) is 6.76. The average molecular weight is 380 g/mol. The Morgan fingerprint density at radius 3 is 2.46 bits per heavy atom. The molecule has 3 rings (SSSR count). The highest BCUT2D eigenvalue weighted by Gasteiger charge is 2.13. The number of allylic oxidation sites excluding steroid dienone is 1. The summed E-state index contributed by atoms with van der Waals surface area (Å²) in [4.78, 5) is 4.78. The van der Waals surface area contributed by atoms with Gasteiger partial charge in [-0.25, -0.2) is 0 Å². The average Bonchev–Trinajstić information content (AvgIpc) is 2.81. The molecule has 0 aliphatic carbocycles. The molecule has 1 aliphatic heterocycles. The summed E-state index contributed by atoms with van der Waals surface area (Å²) in [6.45, 7) is 6.44. The van der Waals surface area contributed by atoms with E-state index in [0.717, 1.165) is 59.8 Å². The number of aryl methyl sites for hydroxylation is 1. The molecule has 4 N–H and O–H groups in total. The second-order valence-corrected chi connectivity index (χ2v) is 7.45. The Balaban J connectivity index is 1.77. The molecule has 0 bridgehead atoms. The van der Waals surface area contributed by atoms with Crippen LogP contribution < -0.4 is 16.0 Å². The Hall–Kier alpha value is -2.73. The minimum absolute atomic E-state index is 0.815. The highest BCUT2D eigenvalue weighted by atomic mass is 15.3. The van der Waals surface area contributed by atoms with Gasteiger partial charge in [-0.05, 0) is 69.6 Å². The van der Waals surface area contributed by atoms with Crippen LogP contribution in [-0.4, -0.2) is 54.5 Å². The number of aromatic nitrogens is 2. The zero-order chi connectivity index (χ0) is 19.9. The van der Waals surface area contributed by atoms with E-state index in [9.17, 15) is 0 Å². The first-order valence-electron chi connectivity index (χ1n) is 9.98. The topological polar surface area (TPSA) is 83.9 Å². The fraction of sp³-hybridized carbons (Fsp3) is 0.409. The van der Waals surface area contributed by atoms with E-state index in [0.29, 0.717) is 0 Å². The molecule has 1 aromatic heterocycles.